The van der Waals surface area contributed by atoms with E-state index < -0.39 is 0 Å². The van der Waals surface area contributed by atoms with Crippen molar-refractivity contribution in [2.75, 3.05) is 0 Å². The molecule has 3 heteroatoms. The predicted molar refractivity (Wildman–Crippen MR) is 78.5 cm³/mol. The molecule has 86 valence electrons. The van der Waals surface area contributed by atoms with Crippen LogP contribution >= 0.6 is 12.2 Å². The van der Waals surface area contributed by atoms with Crippen LogP contribution in [0.1, 0.15) is 0 Å². The summed E-state index contributed by atoms with van der Waals surface area (Å²) in [5.74, 6) is 0. The minimum absolute atomic E-state index is 0.914. The van der Waals surface area contributed by atoms with Gasteiger partial charge in [-0.15, -0.1) is 0 Å². The van der Waals surface area contributed by atoms with Gasteiger partial charge in [0.05, 0.1) is 4.51 Å². The SMILES string of the molecule is S=c1c2ccccc2[nH]c2[nH]c3ccccc3c12. The lowest BCUT2D eigenvalue weighted by Gasteiger charge is -1.99. The molecule has 4 aromatic rings. The standard InChI is InChI=1S/C15H10N2S/c18-14-10-6-2-4-8-12(10)17-15-13(14)9-5-1-3-7-11(9)16-15/h1-8H,(H2,16,17,18). The molecule has 2 nitrogen and oxygen atoms in total. The van der Waals surface area contributed by atoms with Crippen molar-refractivity contribution in [3.8, 4) is 0 Å². The van der Waals surface area contributed by atoms with E-state index in [0.29, 0.717) is 0 Å². The van der Waals surface area contributed by atoms with E-state index in [0.717, 1.165) is 32.0 Å². The summed E-state index contributed by atoms with van der Waals surface area (Å²) < 4.78 is 0.914. The van der Waals surface area contributed by atoms with Crippen molar-refractivity contribution >= 4 is 45.1 Å². The zero-order valence-electron chi connectivity index (χ0n) is 9.53. The topological polar surface area (TPSA) is 31.6 Å². The van der Waals surface area contributed by atoms with Gasteiger partial charge in [-0.3, -0.25) is 0 Å². The molecule has 4 rings (SSSR count). The Morgan fingerprint density at radius 3 is 2.00 bits per heavy atom. The average molecular weight is 250 g/mol. The van der Waals surface area contributed by atoms with Crippen molar-refractivity contribution in [1.82, 2.24) is 9.97 Å². The Balaban J connectivity index is 2.39. The van der Waals surface area contributed by atoms with E-state index in [-0.39, 0.29) is 0 Å². The van der Waals surface area contributed by atoms with Crippen LogP contribution in [0.5, 0.6) is 0 Å². The number of pyridine rings is 1. The highest BCUT2D eigenvalue weighted by Gasteiger charge is 2.08. The second kappa shape index (κ2) is 3.43. The van der Waals surface area contributed by atoms with Gasteiger partial charge in [-0.2, -0.15) is 0 Å². The van der Waals surface area contributed by atoms with E-state index in [1.54, 1.807) is 0 Å². The number of fused-ring (bicyclic) bond motifs is 4. The molecule has 0 aliphatic heterocycles. The van der Waals surface area contributed by atoms with Gasteiger partial charge < -0.3 is 9.97 Å². The summed E-state index contributed by atoms with van der Waals surface area (Å²) in [7, 11) is 0. The minimum atomic E-state index is 0.914. The van der Waals surface area contributed by atoms with E-state index in [1.807, 2.05) is 24.3 Å². The van der Waals surface area contributed by atoms with Crippen molar-refractivity contribution in [3.05, 3.63) is 53.0 Å². The zero-order chi connectivity index (χ0) is 12.1. The highest BCUT2D eigenvalue weighted by Crippen LogP contribution is 2.28. The first-order valence-electron chi connectivity index (χ1n) is 5.86. The first-order chi connectivity index (χ1) is 8.84. The van der Waals surface area contributed by atoms with Crippen molar-refractivity contribution in [1.29, 1.82) is 0 Å². The van der Waals surface area contributed by atoms with E-state index in [9.17, 15) is 0 Å². The van der Waals surface area contributed by atoms with Gasteiger partial charge in [-0.1, -0.05) is 48.6 Å². The van der Waals surface area contributed by atoms with E-state index in [1.165, 1.54) is 5.39 Å². The largest absolute Gasteiger partial charge is 0.341 e. The number of rotatable bonds is 0. The summed E-state index contributed by atoms with van der Waals surface area (Å²) >= 11 is 5.64. The Hall–Kier alpha value is -2.13. The lowest BCUT2D eigenvalue weighted by molar-refractivity contribution is 1.40. The number of hydrogen-bond acceptors (Lipinski definition) is 1. The molecule has 2 aromatic heterocycles. The molecule has 0 aliphatic rings. The lowest BCUT2D eigenvalue weighted by atomic mass is 10.1. The van der Waals surface area contributed by atoms with E-state index in [4.69, 9.17) is 12.2 Å². The van der Waals surface area contributed by atoms with Gasteiger partial charge in [-0.25, -0.2) is 0 Å². The normalized spacial score (nSPS) is 11.6. The molecule has 2 aromatic carbocycles. The molecule has 0 aliphatic carbocycles. The number of para-hydroxylation sites is 2. The number of aromatic nitrogens is 2. The van der Waals surface area contributed by atoms with Gasteiger partial charge in [0.1, 0.15) is 5.65 Å². The number of nitrogens with one attached hydrogen (secondary N) is 2. The van der Waals surface area contributed by atoms with Gasteiger partial charge in [0.2, 0.25) is 0 Å². The highest BCUT2D eigenvalue weighted by atomic mass is 32.1. The van der Waals surface area contributed by atoms with Gasteiger partial charge in [-0.05, 0) is 12.1 Å². The molecule has 0 radical (unpaired) electrons. The number of H-pyrrole nitrogens is 2. The summed E-state index contributed by atoms with van der Waals surface area (Å²) in [6.45, 7) is 0. The third-order valence-electron chi connectivity index (χ3n) is 3.36. The van der Waals surface area contributed by atoms with Crippen molar-refractivity contribution in [2.45, 2.75) is 0 Å². The molecule has 0 fully saturated rings. The maximum absolute atomic E-state index is 5.64. The van der Waals surface area contributed by atoms with Crippen molar-refractivity contribution in [3.63, 3.8) is 0 Å². The van der Waals surface area contributed by atoms with Crippen LogP contribution in [-0.4, -0.2) is 9.97 Å². The lowest BCUT2D eigenvalue weighted by Crippen LogP contribution is -1.81. The molecule has 18 heavy (non-hydrogen) atoms. The van der Waals surface area contributed by atoms with Crippen LogP contribution in [0.3, 0.4) is 0 Å². The van der Waals surface area contributed by atoms with Gasteiger partial charge in [0.25, 0.3) is 0 Å². The Morgan fingerprint density at radius 1 is 0.722 bits per heavy atom. The summed E-state index contributed by atoms with van der Waals surface area (Å²) in [5, 5.41) is 3.39. The molecular formula is C15H10N2S. The van der Waals surface area contributed by atoms with Crippen LogP contribution in [0.25, 0.3) is 32.8 Å². The quantitative estimate of drug-likeness (QED) is 0.441. The minimum Gasteiger partial charge on any atom is -0.341 e. The molecule has 0 saturated heterocycles. The third kappa shape index (κ3) is 1.19. The molecular weight excluding hydrogens is 240 g/mol. The van der Waals surface area contributed by atoms with Crippen LogP contribution in [0.15, 0.2) is 48.5 Å². The molecule has 0 atom stereocenters. The summed E-state index contributed by atoms with van der Waals surface area (Å²) in [6.07, 6.45) is 0. The first-order valence-corrected chi connectivity index (χ1v) is 6.27. The van der Waals surface area contributed by atoms with Crippen molar-refractivity contribution in [2.24, 2.45) is 0 Å². The Labute approximate surface area is 108 Å². The average Bonchev–Trinajstić information content (AvgIpc) is 2.77. The Morgan fingerprint density at radius 2 is 1.28 bits per heavy atom. The van der Waals surface area contributed by atoms with Crippen LogP contribution in [0.2, 0.25) is 0 Å². The molecule has 0 amide bonds. The number of benzene rings is 2. The second-order valence-electron chi connectivity index (χ2n) is 4.42. The monoisotopic (exact) mass is 250 g/mol. The zero-order valence-corrected chi connectivity index (χ0v) is 10.3. The fourth-order valence-corrected chi connectivity index (χ4v) is 2.92. The fourth-order valence-electron chi connectivity index (χ4n) is 2.53. The van der Waals surface area contributed by atoms with Crippen LogP contribution < -0.4 is 0 Å². The summed E-state index contributed by atoms with van der Waals surface area (Å²) in [4.78, 5) is 6.81. The van der Waals surface area contributed by atoms with Gasteiger partial charge >= 0.3 is 0 Å². The van der Waals surface area contributed by atoms with E-state index >= 15 is 0 Å². The fraction of sp³-hybridized carbons (Fsp3) is 0. The predicted octanol–water partition coefficient (Wildman–Crippen LogP) is 4.53. The first kappa shape index (κ1) is 9.85. The maximum atomic E-state index is 5.64. The molecule has 0 saturated carbocycles. The summed E-state index contributed by atoms with van der Waals surface area (Å²) in [6, 6.07) is 16.4. The van der Waals surface area contributed by atoms with Crippen LogP contribution in [-0.2, 0) is 0 Å². The molecule has 2 N–H and O–H groups in total. The third-order valence-corrected chi connectivity index (χ3v) is 3.79. The van der Waals surface area contributed by atoms with Crippen LogP contribution in [0, 0.1) is 4.51 Å². The van der Waals surface area contributed by atoms with Crippen LogP contribution in [0.4, 0.5) is 0 Å². The Bertz CT molecular complexity index is 947. The molecule has 0 spiro atoms. The van der Waals surface area contributed by atoms with E-state index in [2.05, 4.69) is 34.2 Å². The second-order valence-corrected chi connectivity index (χ2v) is 4.83. The smallest absolute Gasteiger partial charge is 0.117 e. The van der Waals surface area contributed by atoms with Crippen molar-refractivity contribution < 1.29 is 0 Å². The summed E-state index contributed by atoms with van der Waals surface area (Å²) in [5.41, 5.74) is 3.19. The van der Waals surface area contributed by atoms with Gasteiger partial charge in [0, 0.05) is 27.2 Å². The highest BCUT2D eigenvalue weighted by molar-refractivity contribution is 7.72. The molecule has 2 heterocycles. The molecule has 0 bridgehead atoms. The Kier molecular flexibility index (Phi) is 1.88. The maximum Gasteiger partial charge on any atom is 0.117 e. The number of hydrogen-bond donors (Lipinski definition) is 2. The molecule has 0 unspecified atom stereocenters. The number of aromatic amines is 2. The van der Waals surface area contributed by atoms with Gasteiger partial charge in [0.15, 0.2) is 0 Å².